The monoisotopic (exact) mass is 395 g/mol. The summed E-state index contributed by atoms with van der Waals surface area (Å²) in [5.41, 5.74) is 6.01. The summed E-state index contributed by atoms with van der Waals surface area (Å²) >= 11 is 0. The number of halogens is 1. The predicted molar refractivity (Wildman–Crippen MR) is 105 cm³/mol. The van der Waals surface area contributed by atoms with Gasteiger partial charge in [0.05, 0.1) is 17.9 Å². The van der Waals surface area contributed by atoms with Gasteiger partial charge in [-0.1, -0.05) is 12.1 Å². The van der Waals surface area contributed by atoms with Gasteiger partial charge in [0.1, 0.15) is 17.8 Å². The number of fused-ring (bicyclic) bond motifs is 5. The minimum atomic E-state index is -0.286. The van der Waals surface area contributed by atoms with Gasteiger partial charge in [-0.15, -0.1) is 0 Å². The summed E-state index contributed by atoms with van der Waals surface area (Å²) in [6.45, 7) is 5.72. The van der Waals surface area contributed by atoms with Gasteiger partial charge < -0.3 is 14.7 Å². The molecule has 5 rings (SSSR count). The van der Waals surface area contributed by atoms with Crippen molar-refractivity contribution in [2.24, 2.45) is 5.92 Å². The van der Waals surface area contributed by atoms with E-state index in [0.29, 0.717) is 36.7 Å². The van der Waals surface area contributed by atoms with Gasteiger partial charge in [-0.25, -0.2) is 9.18 Å². The molecule has 1 aromatic carbocycles. The van der Waals surface area contributed by atoms with Crippen molar-refractivity contribution in [3.05, 3.63) is 52.7 Å². The van der Waals surface area contributed by atoms with Crippen molar-refractivity contribution in [2.45, 2.75) is 39.8 Å². The highest BCUT2D eigenvalue weighted by Crippen LogP contribution is 2.35. The molecule has 0 spiro atoms. The second-order valence-corrected chi connectivity index (χ2v) is 8.02. The molecule has 29 heavy (non-hydrogen) atoms. The molecule has 0 fully saturated rings. The molecule has 3 aromatic rings. The number of hydrogen-bond acceptors (Lipinski definition) is 4. The van der Waals surface area contributed by atoms with Gasteiger partial charge in [-0.2, -0.15) is 5.10 Å². The first kappa shape index (κ1) is 17.9. The van der Waals surface area contributed by atoms with Crippen LogP contribution in [0.5, 0.6) is 0 Å². The highest BCUT2D eigenvalue weighted by molar-refractivity contribution is 5.89. The van der Waals surface area contributed by atoms with Gasteiger partial charge in [0, 0.05) is 36.3 Å². The maximum absolute atomic E-state index is 13.5. The number of aromatic nitrogens is 3. The molecule has 2 amide bonds. The van der Waals surface area contributed by atoms with E-state index in [4.69, 9.17) is 9.62 Å². The van der Waals surface area contributed by atoms with Crippen LogP contribution in [0.2, 0.25) is 0 Å². The third-order valence-corrected chi connectivity index (χ3v) is 5.72. The number of carbonyl (C=O) groups excluding carboxylic acids is 1. The minimum absolute atomic E-state index is 0.205. The van der Waals surface area contributed by atoms with E-state index in [1.54, 1.807) is 30.2 Å². The third kappa shape index (κ3) is 3.08. The highest BCUT2D eigenvalue weighted by Gasteiger charge is 2.32. The number of hydrogen-bond donors (Lipinski definition) is 1. The molecule has 2 aliphatic heterocycles. The maximum Gasteiger partial charge on any atom is 0.322 e. The summed E-state index contributed by atoms with van der Waals surface area (Å²) < 4.78 is 20.8. The zero-order valence-electron chi connectivity index (χ0n) is 16.4. The second-order valence-electron chi connectivity index (χ2n) is 8.02. The quantitative estimate of drug-likeness (QED) is 0.681. The Morgan fingerprint density at radius 2 is 2.24 bits per heavy atom. The van der Waals surface area contributed by atoms with E-state index < -0.39 is 0 Å². The molecule has 7 nitrogen and oxygen atoms in total. The van der Waals surface area contributed by atoms with Gasteiger partial charge in [-0.05, 0) is 43.0 Å². The Hall–Kier alpha value is -3.16. The summed E-state index contributed by atoms with van der Waals surface area (Å²) in [5, 5.41) is 11.9. The van der Waals surface area contributed by atoms with E-state index in [-0.39, 0.29) is 11.8 Å². The number of nitrogens with zero attached hydrogens (tertiary/aromatic N) is 4. The molecule has 1 N–H and O–H groups in total. The van der Waals surface area contributed by atoms with Crippen molar-refractivity contribution in [1.29, 1.82) is 0 Å². The van der Waals surface area contributed by atoms with Crippen LogP contribution in [0.4, 0.5) is 14.9 Å². The normalized spacial score (nSPS) is 17.9. The van der Waals surface area contributed by atoms with Crippen LogP contribution in [0.15, 0.2) is 29.0 Å². The van der Waals surface area contributed by atoms with Crippen molar-refractivity contribution in [1.82, 2.24) is 19.8 Å². The zero-order valence-corrected chi connectivity index (χ0v) is 16.4. The molecule has 8 heteroatoms. The highest BCUT2D eigenvalue weighted by atomic mass is 19.1. The summed E-state index contributed by atoms with van der Waals surface area (Å²) in [6.07, 6.45) is 3.29. The lowest BCUT2D eigenvalue weighted by atomic mass is 10.00. The predicted octanol–water partition coefficient (Wildman–Crippen LogP) is 3.77. The van der Waals surface area contributed by atoms with E-state index in [2.05, 4.69) is 17.4 Å². The van der Waals surface area contributed by atoms with Crippen LogP contribution in [0.1, 0.15) is 29.3 Å². The van der Waals surface area contributed by atoms with Gasteiger partial charge in [0.15, 0.2) is 0 Å². The van der Waals surface area contributed by atoms with Gasteiger partial charge in [-0.3, -0.25) is 4.68 Å². The first-order valence-electron chi connectivity index (χ1n) is 9.84. The number of urea groups is 1. The molecule has 150 valence electrons. The fourth-order valence-electron chi connectivity index (χ4n) is 4.25. The molecule has 0 bridgehead atoms. The molecule has 0 radical (unpaired) electrons. The smallest absolute Gasteiger partial charge is 0.322 e. The maximum atomic E-state index is 13.5. The molecule has 1 atom stereocenters. The Balaban J connectivity index is 1.43. The Morgan fingerprint density at radius 3 is 3.07 bits per heavy atom. The van der Waals surface area contributed by atoms with Crippen LogP contribution < -0.4 is 5.32 Å². The second kappa shape index (κ2) is 6.72. The summed E-state index contributed by atoms with van der Waals surface area (Å²) in [7, 11) is 0. The molecular formula is C21H22FN5O2. The van der Waals surface area contributed by atoms with E-state index >= 15 is 0 Å². The average Bonchev–Trinajstić information content (AvgIpc) is 3.24. The fourth-order valence-corrected chi connectivity index (χ4v) is 4.25. The van der Waals surface area contributed by atoms with Crippen LogP contribution in [0.3, 0.4) is 0 Å². The number of benzene rings is 1. The third-order valence-electron chi connectivity index (χ3n) is 5.72. The standard InChI is InChI=1S/C21H22FN5O2/c1-12-7-14-11-29-25-19(14)20-16-10-26(6-5-18(16)24-27(20)9-12)21(28)23-15-3-4-17(22)13(2)8-15/h3-4,8,11-12H,5-7,9-10H2,1-2H3,(H,23,28). The van der Waals surface area contributed by atoms with E-state index in [9.17, 15) is 9.18 Å². The number of amides is 2. The Labute approximate surface area is 167 Å². The first-order valence-corrected chi connectivity index (χ1v) is 9.84. The largest absolute Gasteiger partial charge is 0.364 e. The first-order chi connectivity index (χ1) is 14.0. The van der Waals surface area contributed by atoms with Crippen LogP contribution in [0, 0.1) is 18.7 Å². The van der Waals surface area contributed by atoms with Crippen LogP contribution in [-0.4, -0.2) is 32.4 Å². The lowest BCUT2D eigenvalue weighted by molar-refractivity contribution is 0.206. The lowest BCUT2D eigenvalue weighted by Gasteiger charge is -2.27. The van der Waals surface area contributed by atoms with E-state index in [1.165, 1.54) is 6.07 Å². The van der Waals surface area contributed by atoms with Gasteiger partial charge >= 0.3 is 6.03 Å². The molecule has 0 saturated heterocycles. The minimum Gasteiger partial charge on any atom is -0.364 e. The van der Waals surface area contributed by atoms with Gasteiger partial charge in [0.2, 0.25) is 0 Å². The molecule has 2 aromatic heterocycles. The molecule has 0 saturated carbocycles. The topological polar surface area (TPSA) is 76.2 Å². The Morgan fingerprint density at radius 1 is 1.38 bits per heavy atom. The summed E-state index contributed by atoms with van der Waals surface area (Å²) in [4.78, 5) is 14.6. The van der Waals surface area contributed by atoms with Crippen molar-refractivity contribution in [3.63, 3.8) is 0 Å². The Bertz CT molecular complexity index is 1100. The van der Waals surface area contributed by atoms with Crippen LogP contribution in [-0.2, 0) is 25.9 Å². The molecule has 0 aliphatic carbocycles. The van der Waals surface area contributed by atoms with Gasteiger partial charge in [0.25, 0.3) is 0 Å². The molecule has 2 aliphatic rings. The van der Waals surface area contributed by atoms with Crippen molar-refractivity contribution >= 4 is 11.7 Å². The number of nitrogens with one attached hydrogen (secondary N) is 1. The SMILES string of the molecule is Cc1cc(NC(=O)N2CCc3nn4c(c3C2)-c2nocc2CC(C)C4)ccc1F. The number of anilines is 1. The summed E-state index contributed by atoms with van der Waals surface area (Å²) in [5.74, 6) is 0.141. The molecule has 4 heterocycles. The van der Waals surface area contributed by atoms with Crippen LogP contribution >= 0.6 is 0 Å². The molecular weight excluding hydrogens is 373 g/mol. The van der Waals surface area contributed by atoms with E-state index in [1.807, 2.05) is 4.68 Å². The number of aryl methyl sites for hydroxylation is 1. The van der Waals surface area contributed by atoms with Crippen molar-refractivity contribution in [2.75, 3.05) is 11.9 Å². The Kier molecular flexibility index (Phi) is 4.15. The lowest BCUT2D eigenvalue weighted by Crippen LogP contribution is -2.38. The zero-order chi connectivity index (χ0) is 20.1. The van der Waals surface area contributed by atoms with Crippen molar-refractivity contribution in [3.8, 4) is 11.4 Å². The number of rotatable bonds is 1. The van der Waals surface area contributed by atoms with Crippen LogP contribution in [0.25, 0.3) is 11.4 Å². The van der Waals surface area contributed by atoms with E-state index in [0.717, 1.165) is 41.2 Å². The molecule has 1 unspecified atom stereocenters. The summed E-state index contributed by atoms with van der Waals surface area (Å²) in [6, 6.07) is 4.37. The number of carbonyl (C=O) groups is 1. The van der Waals surface area contributed by atoms with Crippen molar-refractivity contribution < 1.29 is 13.7 Å². The fraction of sp³-hybridized carbons (Fsp3) is 0.381. The average molecular weight is 395 g/mol.